The maximum Gasteiger partial charge on any atom is 0.264 e. The van der Waals surface area contributed by atoms with Gasteiger partial charge in [0.1, 0.15) is 12.3 Å². The van der Waals surface area contributed by atoms with Crippen molar-refractivity contribution in [1.82, 2.24) is 5.32 Å². The predicted octanol–water partition coefficient (Wildman–Crippen LogP) is 3.86. The number of carbonyl (C=O) groups is 1. The minimum atomic E-state index is -3.97. The predicted molar refractivity (Wildman–Crippen MR) is 117 cm³/mol. The van der Waals surface area contributed by atoms with Crippen LogP contribution in [0.1, 0.15) is 5.56 Å². The fourth-order valence-electron chi connectivity index (χ4n) is 2.81. The van der Waals surface area contributed by atoms with Gasteiger partial charge < -0.3 is 10.1 Å². The van der Waals surface area contributed by atoms with Crippen LogP contribution in [-0.2, 0) is 21.4 Å². The number of hydrogen-bond donors (Lipinski definition) is 1. The van der Waals surface area contributed by atoms with Crippen LogP contribution in [0.15, 0.2) is 83.8 Å². The molecule has 0 saturated carbocycles. The Labute approximate surface area is 181 Å². The number of methoxy groups -OCH3 is 1. The highest BCUT2D eigenvalue weighted by molar-refractivity contribution is 7.92. The van der Waals surface area contributed by atoms with Gasteiger partial charge in [-0.2, -0.15) is 0 Å². The van der Waals surface area contributed by atoms with E-state index in [1.807, 2.05) is 6.07 Å². The molecule has 0 spiro atoms. The number of ether oxygens (including phenoxy) is 1. The number of hydrogen-bond acceptors (Lipinski definition) is 4. The standard InChI is InChI=1S/C22H21ClN2O4S/c1-29-19-11-13-20(14-12-19)30(27,28)25(18-8-3-2-4-9-18)16-22(26)24-15-17-7-5-6-10-21(17)23/h2-14H,15-16H2,1H3,(H,24,26). The van der Waals surface area contributed by atoms with Gasteiger partial charge in [-0.3, -0.25) is 9.10 Å². The van der Waals surface area contributed by atoms with E-state index >= 15 is 0 Å². The van der Waals surface area contributed by atoms with Crippen LogP contribution in [0.2, 0.25) is 5.02 Å². The highest BCUT2D eigenvalue weighted by Gasteiger charge is 2.27. The number of sulfonamides is 1. The molecule has 0 radical (unpaired) electrons. The molecule has 0 unspecified atom stereocenters. The van der Waals surface area contributed by atoms with Crippen molar-refractivity contribution in [3.63, 3.8) is 0 Å². The number of benzene rings is 3. The number of para-hydroxylation sites is 1. The van der Waals surface area contributed by atoms with Crippen LogP contribution in [0, 0.1) is 0 Å². The molecule has 0 aromatic heterocycles. The third-order valence-electron chi connectivity index (χ3n) is 4.41. The SMILES string of the molecule is COc1ccc(S(=O)(=O)N(CC(=O)NCc2ccccc2Cl)c2ccccc2)cc1. The number of carbonyl (C=O) groups excluding carboxylic acids is 1. The number of rotatable bonds is 8. The summed E-state index contributed by atoms with van der Waals surface area (Å²) in [5.41, 5.74) is 1.14. The Morgan fingerprint density at radius 1 is 0.967 bits per heavy atom. The molecule has 3 aromatic carbocycles. The zero-order valence-corrected chi connectivity index (χ0v) is 17.9. The van der Waals surface area contributed by atoms with Gasteiger partial charge in [-0.05, 0) is 48.0 Å². The van der Waals surface area contributed by atoms with E-state index in [1.54, 1.807) is 60.7 Å². The summed E-state index contributed by atoms with van der Waals surface area (Å²) < 4.78 is 32.7. The van der Waals surface area contributed by atoms with Gasteiger partial charge in [0.2, 0.25) is 5.91 Å². The summed E-state index contributed by atoms with van der Waals surface area (Å²) in [6, 6.07) is 21.7. The summed E-state index contributed by atoms with van der Waals surface area (Å²) >= 11 is 6.12. The molecule has 0 bridgehead atoms. The van der Waals surface area contributed by atoms with Crippen molar-refractivity contribution in [1.29, 1.82) is 0 Å². The molecule has 0 aliphatic carbocycles. The molecule has 3 aromatic rings. The van der Waals surface area contributed by atoms with Crippen LogP contribution in [0.25, 0.3) is 0 Å². The first-order valence-corrected chi connectivity index (χ1v) is 11.0. The Bertz CT molecular complexity index is 1100. The first-order chi connectivity index (χ1) is 14.4. The molecule has 0 aliphatic heterocycles. The number of halogens is 1. The van der Waals surface area contributed by atoms with Crippen molar-refractivity contribution < 1.29 is 17.9 Å². The number of amides is 1. The zero-order chi connectivity index (χ0) is 21.6. The van der Waals surface area contributed by atoms with E-state index in [1.165, 1.54) is 19.2 Å². The molecule has 3 rings (SSSR count). The van der Waals surface area contributed by atoms with Gasteiger partial charge in [0.05, 0.1) is 17.7 Å². The lowest BCUT2D eigenvalue weighted by atomic mass is 10.2. The lowest BCUT2D eigenvalue weighted by Crippen LogP contribution is -2.40. The molecular formula is C22H21ClN2O4S. The van der Waals surface area contributed by atoms with Crippen LogP contribution < -0.4 is 14.4 Å². The van der Waals surface area contributed by atoms with Crippen LogP contribution in [0.5, 0.6) is 5.75 Å². The summed E-state index contributed by atoms with van der Waals surface area (Å²) in [6.45, 7) is -0.174. The van der Waals surface area contributed by atoms with Gasteiger partial charge in [-0.25, -0.2) is 8.42 Å². The molecule has 1 N–H and O–H groups in total. The van der Waals surface area contributed by atoms with Gasteiger partial charge in [0.25, 0.3) is 10.0 Å². The molecular weight excluding hydrogens is 424 g/mol. The van der Waals surface area contributed by atoms with Crippen molar-refractivity contribution in [3.8, 4) is 5.75 Å². The van der Waals surface area contributed by atoms with Gasteiger partial charge in [0.15, 0.2) is 0 Å². The first-order valence-electron chi connectivity index (χ1n) is 9.14. The molecule has 156 valence electrons. The molecule has 0 saturated heterocycles. The van der Waals surface area contributed by atoms with E-state index in [-0.39, 0.29) is 18.0 Å². The van der Waals surface area contributed by atoms with Crippen molar-refractivity contribution in [3.05, 3.63) is 89.4 Å². The van der Waals surface area contributed by atoms with Crippen molar-refractivity contribution >= 4 is 33.2 Å². The van der Waals surface area contributed by atoms with Crippen molar-refractivity contribution in [2.45, 2.75) is 11.4 Å². The number of nitrogens with one attached hydrogen (secondary N) is 1. The van der Waals surface area contributed by atoms with E-state index < -0.39 is 15.9 Å². The normalized spacial score (nSPS) is 11.0. The number of nitrogens with zero attached hydrogens (tertiary/aromatic N) is 1. The first kappa shape index (κ1) is 21.7. The Morgan fingerprint density at radius 2 is 1.60 bits per heavy atom. The van der Waals surface area contributed by atoms with Crippen molar-refractivity contribution in [2.75, 3.05) is 18.0 Å². The van der Waals surface area contributed by atoms with Crippen LogP contribution in [0.3, 0.4) is 0 Å². The molecule has 0 heterocycles. The third kappa shape index (κ3) is 5.11. The van der Waals surface area contributed by atoms with E-state index in [2.05, 4.69) is 5.32 Å². The van der Waals surface area contributed by atoms with Crippen LogP contribution in [0.4, 0.5) is 5.69 Å². The van der Waals surface area contributed by atoms with Gasteiger partial charge in [-0.1, -0.05) is 48.0 Å². The van der Waals surface area contributed by atoms with E-state index in [4.69, 9.17) is 16.3 Å². The minimum Gasteiger partial charge on any atom is -0.497 e. The monoisotopic (exact) mass is 444 g/mol. The molecule has 0 aliphatic rings. The van der Waals surface area contributed by atoms with Crippen LogP contribution >= 0.6 is 11.6 Å². The Hall–Kier alpha value is -3.03. The second-order valence-corrected chi connectivity index (χ2v) is 8.66. The van der Waals surface area contributed by atoms with Crippen molar-refractivity contribution in [2.24, 2.45) is 0 Å². The Kier molecular flexibility index (Phi) is 6.97. The quantitative estimate of drug-likeness (QED) is 0.572. The van der Waals surface area contributed by atoms with E-state index in [0.29, 0.717) is 16.5 Å². The average Bonchev–Trinajstić information content (AvgIpc) is 2.77. The zero-order valence-electron chi connectivity index (χ0n) is 16.3. The highest BCUT2D eigenvalue weighted by Crippen LogP contribution is 2.25. The average molecular weight is 445 g/mol. The molecule has 0 atom stereocenters. The van der Waals surface area contributed by atoms with Crippen LogP contribution in [-0.4, -0.2) is 28.0 Å². The largest absolute Gasteiger partial charge is 0.497 e. The van der Waals surface area contributed by atoms with E-state index in [9.17, 15) is 13.2 Å². The molecule has 6 nitrogen and oxygen atoms in total. The van der Waals surface area contributed by atoms with Gasteiger partial charge in [-0.15, -0.1) is 0 Å². The minimum absolute atomic E-state index is 0.0612. The summed E-state index contributed by atoms with van der Waals surface area (Å²) in [4.78, 5) is 12.7. The Balaban J connectivity index is 1.84. The lowest BCUT2D eigenvalue weighted by Gasteiger charge is -2.24. The van der Waals surface area contributed by atoms with Gasteiger partial charge >= 0.3 is 0 Å². The fraction of sp³-hybridized carbons (Fsp3) is 0.136. The van der Waals surface area contributed by atoms with Gasteiger partial charge in [0, 0.05) is 11.6 Å². The summed E-state index contributed by atoms with van der Waals surface area (Å²) in [7, 11) is -2.47. The summed E-state index contributed by atoms with van der Waals surface area (Å²) in [6.07, 6.45) is 0. The molecule has 8 heteroatoms. The smallest absolute Gasteiger partial charge is 0.264 e. The summed E-state index contributed by atoms with van der Waals surface area (Å²) in [5.74, 6) is 0.0913. The van der Waals surface area contributed by atoms with E-state index in [0.717, 1.165) is 9.87 Å². The lowest BCUT2D eigenvalue weighted by molar-refractivity contribution is -0.119. The second kappa shape index (κ2) is 9.65. The molecule has 0 fully saturated rings. The highest BCUT2D eigenvalue weighted by atomic mass is 35.5. The summed E-state index contributed by atoms with van der Waals surface area (Å²) in [5, 5.41) is 3.26. The second-order valence-electron chi connectivity index (χ2n) is 6.39. The molecule has 30 heavy (non-hydrogen) atoms. The Morgan fingerprint density at radius 3 is 2.23 bits per heavy atom. The molecule has 1 amide bonds. The maximum atomic E-state index is 13.3. The number of anilines is 1. The fourth-order valence-corrected chi connectivity index (χ4v) is 4.43. The maximum absolute atomic E-state index is 13.3. The third-order valence-corrected chi connectivity index (χ3v) is 6.57. The topological polar surface area (TPSA) is 75.7 Å².